The van der Waals surface area contributed by atoms with E-state index in [2.05, 4.69) is 6.92 Å². The molecule has 0 N–H and O–H groups in total. The third-order valence-corrected chi connectivity index (χ3v) is 6.36. The number of rotatable bonds is 10. The molecule has 4 aromatic rings. The maximum atomic E-state index is 14.9. The molecule has 0 fully saturated rings. The van der Waals surface area contributed by atoms with Crippen molar-refractivity contribution in [1.29, 1.82) is 0 Å². The lowest BCUT2D eigenvalue weighted by Crippen LogP contribution is -2.10. The van der Waals surface area contributed by atoms with Crippen LogP contribution in [0.3, 0.4) is 0 Å². The van der Waals surface area contributed by atoms with E-state index < -0.39 is 35.0 Å². The first-order valence-corrected chi connectivity index (χ1v) is 12.8. The Bertz CT molecular complexity index is 1450. The second-order valence-corrected chi connectivity index (χ2v) is 9.03. The fourth-order valence-electron chi connectivity index (χ4n) is 4.23. The summed E-state index contributed by atoms with van der Waals surface area (Å²) in [6.45, 7) is 3.98. The van der Waals surface area contributed by atoms with Gasteiger partial charge in [-0.2, -0.15) is 8.78 Å². The fourth-order valence-corrected chi connectivity index (χ4v) is 4.23. The number of unbranched alkanes of at least 4 members (excludes halogenated alkanes) is 2. The van der Waals surface area contributed by atoms with Crippen LogP contribution in [0.2, 0.25) is 0 Å². The minimum atomic E-state index is -1.28. The second kappa shape index (κ2) is 12.6. The van der Waals surface area contributed by atoms with Gasteiger partial charge >= 0.3 is 5.97 Å². The zero-order valence-electron chi connectivity index (χ0n) is 21.7. The van der Waals surface area contributed by atoms with E-state index in [0.29, 0.717) is 11.1 Å². The highest BCUT2D eigenvalue weighted by molar-refractivity contribution is 5.91. The molecule has 0 saturated heterocycles. The molecule has 39 heavy (non-hydrogen) atoms. The number of hydrogen-bond acceptors (Lipinski definition) is 3. The van der Waals surface area contributed by atoms with Gasteiger partial charge in [0.15, 0.2) is 23.1 Å². The normalized spacial score (nSPS) is 10.9. The van der Waals surface area contributed by atoms with Gasteiger partial charge in [-0.15, -0.1) is 0 Å². The Labute approximate surface area is 225 Å². The summed E-state index contributed by atoms with van der Waals surface area (Å²) in [5, 5.41) is 0. The molecule has 0 saturated carbocycles. The number of benzene rings is 4. The zero-order chi connectivity index (χ0) is 27.9. The Morgan fingerprint density at radius 1 is 0.641 bits per heavy atom. The number of carbonyl (C=O) groups excluding carboxylic acids is 1. The molecule has 3 nitrogen and oxygen atoms in total. The summed E-state index contributed by atoms with van der Waals surface area (Å²) in [5.74, 6) is -6.28. The molecular weight excluding hydrogens is 508 g/mol. The average molecular weight is 537 g/mol. The van der Waals surface area contributed by atoms with Gasteiger partial charge < -0.3 is 9.47 Å². The number of aryl methyl sites for hydroxylation is 1. The van der Waals surface area contributed by atoms with Crippen molar-refractivity contribution in [3.05, 3.63) is 107 Å². The van der Waals surface area contributed by atoms with Crippen molar-refractivity contribution in [3.63, 3.8) is 0 Å². The average Bonchev–Trinajstić information content (AvgIpc) is 2.95. The summed E-state index contributed by atoms with van der Waals surface area (Å²) in [6, 6.07) is 18.0. The molecule has 0 radical (unpaired) electrons. The molecule has 202 valence electrons. The molecule has 4 aromatic carbocycles. The Morgan fingerprint density at radius 2 is 1.18 bits per heavy atom. The van der Waals surface area contributed by atoms with Gasteiger partial charge in [-0.3, -0.25) is 0 Å². The van der Waals surface area contributed by atoms with Crippen LogP contribution >= 0.6 is 0 Å². The van der Waals surface area contributed by atoms with Crippen molar-refractivity contribution >= 4 is 5.97 Å². The van der Waals surface area contributed by atoms with Crippen molar-refractivity contribution in [1.82, 2.24) is 0 Å². The largest absolute Gasteiger partial charge is 0.491 e. The van der Waals surface area contributed by atoms with E-state index >= 15 is 0 Å². The van der Waals surface area contributed by atoms with Crippen LogP contribution in [-0.4, -0.2) is 12.6 Å². The SMILES string of the molecule is CCCCCc1ccc(-c2ccc(OC(=O)c3ccc(-c4ccc(OCC)c(F)c4F)cc3)c(F)c2F)cc1. The van der Waals surface area contributed by atoms with E-state index in [1.165, 1.54) is 48.5 Å². The Morgan fingerprint density at radius 3 is 1.74 bits per heavy atom. The van der Waals surface area contributed by atoms with Crippen LogP contribution in [-0.2, 0) is 6.42 Å². The first-order chi connectivity index (χ1) is 18.8. The van der Waals surface area contributed by atoms with Crippen LogP contribution in [0.4, 0.5) is 17.6 Å². The van der Waals surface area contributed by atoms with Gasteiger partial charge in [0.1, 0.15) is 0 Å². The molecule has 0 atom stereocenters. The van der Waals surface area contributed by atoms with E-state index in [1.807, 2.05) is 12.1 Å². The minimum absolute atomic E-state index is 0.0198. The molecule has 0 aromatic heterocycles. The van der Waals surface area contributed by atoms with E-state index in [-0.39, 0.29) is 29.0 Å². The quantitative estimate of drug-likeness (QED) is 0.0879. The van der Waals surface area contributed by atoms with Gasteiger partial charge in [0.2, 0.25) is 11.6 Å². The number of halogens is 4. The van der Waals surface area contributed by atoms with Crippen LogP contribution in [0.5, 0.6) is 11.5 Å². The van der Waals surface area contributed by atoms with E-state index in [1.54, 1.807) is 19.1 Å². The summed E-state index contributed by atoms with van der Waals surface area (Å²) >= 11 is 0. The van der Waals surface area contributed by atoms with Gasteiger partial charge in [0.05, 0.1) is 12.2 Å². The molecular formula is C32H28F4O3. The van der Waals surface area contributed by atoms with Crippen molar-refractivity contribution in [2.24, 2.45) is 0 Å². The summed E-state index contributed by atoms with van der Waals surface area (Å²) < 4.78 is 68.6. The maximum Gasteiger partial charge on any atom is 0.343 e. The molecule has 0 aliphatic rings. The third kappa shape index (κ3) is 6.30. The Hall–Kier alpha value is -4.13. The highest BCUT2D eigenvalue weighted by Crippen LogP contribution is 2.32. The van der Waals surface area contributed by atoms with Crippen LogP contribution < -0.4 is 9.47 Å². The lowest BCUT2D eigenvalue weighted by atomic mass is 10.0. The van der Waals surface area contributed by atoms with Crippen molar-refractivity contribution < 1.29 is 31.8 Å². The lowest BCUT2D eigenvalue weighted by Gasteiger charge is -2.11. The minimum Gasteiger partial charge on any atom is -0.491 e. The van der Waals surface area contributed by atoms with Crippen LogP contribution in [0.1, 0.15) is 49.0 Å². The highest BCUT2D eigenvalue weighted by Gasteiger charge is 2.20. The third-order valence-electron chi connectivity index (χ3n) is 6.36. The number of ether oxygens (including phenoxy) is 2. The van der Waals surface area contributed by atoms with Crippen LogP contribution in [0, 0.1) is 23.3 Å². The molecule has 0 unspecified atom stereocenters. The molecule has 0 aliphatic carbocycles. The van der Waals surface area contributed by atoms with Gasteiger partial charge in [-0.1, -0.05) is 56.2 Å². The van der Waals surface area contributed by atoms with E-state index in [0.717, 1.165) is 31.2 Å². The predicted octanol–water partition coefficient (Wildman–Crippen LogP) is 8.93. The summed E-state index contributed by atoms with van der Waals surface area (Å²) in [7, 11) is 0. The fraction of sp³-hybridized carbons (Fsp3) is 0.219. The zero-order valence-corrected chi connectivity index (χ0v) is 21.7. The van der Waals surface area contributed by atoms with Crippen LogP contribution in [0.15, 0.2) is 72.8 Å². The number of esters is 1. The molecule has 0 amide bonds. The topological polar surface area (TPSA) is 35.5 Å². The number of hydrogen-bond donors (Lipinski definition) is 0. The molecule has 7 heteroatoms. The molecule has 0 aliphatic heterocycles. The standard InChI is InChI=1S/C32H28F4O3/c1-3-5-6-7-20-8-10-21(11-9-20)25-17-19-27(31(36)29(25)34)39-32(37)23-14-12-22(13-15-23)24-16-18-26(38-4-2)30(35)28(24)33/h8-19H,3-7H2,1-2H3. The predicted molar refractivity (Wildman–Crippen MR) is 143 cm³/mol. The Kier molecular flexibility index (Phi) is 9.02. The Balaban J connectivity index is 1.48. The van der Waals surface area contributed by atoms with Crippen molar-refractivity contribution in [2.75, 3.05) is 6.61 Å². The van der Waals surface area contributed by atoms with Gasteiger partial charge in [0, 0.05) is 11.1 Å². The molecule has 0 heterocycles. The van der Waals surface area contributed by atoms with Gasteiger partial charge in [0.25, 0.3) is 0 Å². The first-order valence-electron chi connectivity index (χ1n) is 12.8. The monoisotopic (exact) mass is 536 g/mol. The smallest absolute Gasteiger partial charge is 0.343 e. The van der Waals surface area contributed by atoms with Crippen LogP contribution in [0.25, 0.3) is 22.3 Å². The molecule has 0 spiro atoms. The first kappa shape index (κ1) is 27.9. The maximum absolute atomic E-state index is 14.9. The van der Waals surface area contributed by atoms with Crippen molar-refractivity contribution in [2.45, 2.75) is 39.5 Å². The van der Waals surface area contributed by atoms with Gasteiger partial charge in [-0.05, 0) is 72.9 Å². The van der Waals surface area contributed by atoms with Gasteiger partial charge in [-0.25, -0.2) is 13.6 Å². The van der Waals surface area contributed by atoms with E-state index in [4.69, 9.17) is 9.47 Å². The summed E-state index contributed by atoms with van der Waals surface area (Å²) in [4.78, 5) is 12.6. The second-order valence-electron chi connectivity index (χ2n) is 9.03. The molecule has 0 bridgehead atoms. The molecule has 4 rings (SSSR count). The van der Waals surface area contributed by atoms with Crippen molar-refractivity contribution in [3.8, 4) is 33.8 Å². The highest BCUT2D eigenvalue weighted by atomic mass is 19.2. The lowest BCUT2D eigenvalue weighted by molar-refractivity contribution is 0.0726. The van der Waals surface area contributed by atoms with E-state index in [9.17, 15) is 22.4 Å². The summed E-state index contributed by atoms with van der Waals surface area (Å²) in [6.07, 6.45) is 4.24. The number of carbonyl (C=O) groups is 1. The summed E-state index contributed by atoms with van der Waals surface area (Å²) in [5.41, 5.74) is 2.00.